The molecule has 2 aromatic rings. The summed E-state index contributed by atoms with van der Waals surface area (Å²) in [6.45, 7) is 3.55. The molecule has 1 heterocycles. The predicted octanol–water partition coefficient (Wildman–Crippen LogP) is 3.01. The van der Waals surface area contributed by atoms with Crippen LogP contribution in [0.5, 0.6) is 0 Å². The van der Waals surface area contributed by atoms with Gasteiger partial charge in [-0.05, 0) is 32.0 Å². The molecule has 0 aliphatic heterocycles. The number of nitriles is 1. The lowest BCUT2D eigenvalue weighted by Crippen LogP contribution is -2.22. The summed E-state index contributed by atoms with van der Waals surface area (Å²) in [6, 6.07) is 8.34. The Bertz CT molecular complexity index is 770. The number of amides is 1. The van der Waals surface area contributed by atoms with E-state index in [1.807, 2.05) is 13.0 Å². The minimum atomic E-state index is -0.425. The van der Waals surface area contributed by atoms with Crippen molar-refractivity contribution in [3.05, 3.63) is 40.5 Å². The second-order valence-corrected chi connectivity index (χ2v) is 6.49. The van der Waals surface area contributed by atoms with Crippen molar-refractivity contribution in [2.75, 3.05) is 11.1 Å². The molecule has 0 radical (unpaired) electrons. The summed E-state index contributed by atoms with van der Waals surface area (Å²) in [5.41, 5.74) is 7.30. The first-order chi connectivity index (χ1) is 10.9. The van der Waals surface area contributed by atoms with E-state index in [0.717, 1.165) is 5.69 Å². The number of nitrogens with two attached hydrogens (primary N) is 1. The van der Waals surface area contributed by atoms with E-state index < -0.39 is 5.25 Å². The summed E-state index contributed by atoms with van der Waals surface area (Å²) >= 11 is 7.16. The standard InChI is InChI=1S/C15H14ClN5OS/c1-8-5-13(18)21-15(19-8)23-9(2)14(22)20-11-4-3-10(7-17)12(16)6-11/h3-6,9H,1-2H3,(H,20,22)(H2,18,19,21)/t9-/m0/s1. The molecule has 23 heavy (non-hydrogen) atoms. The van der Waals surface area contributed by atoms with Gasteiger partial charge in [-0.3, -0.25) is 4.79 Å². The van der Waals surface area contributed by atoms with Crippen molar-refractivity contribution in [3.63, 3.8) is 0 Å². The SMILES string of the molecule is Cc1cc(N)nc(S[C@@H](C)C(=O)Nc2ccc(C#N)c(Cl)c2)n1. The minimum Gasteiger partial charge on any atom is -0.384 e. The number of nitrogen functional groups attached to an aromatic ring is 1. The number of carbonyl (C=O) groups is 1. The van der Waals surface area contributed by atoms with E-state index in [-0.39, 0.29) is 5.91 Å². The highest BCUT2D eigenvalue weighted by atomic mass is 35.5. The van der Waals surface area contributed by atoms with Crippen molar-refractivity contribution in [2.24, 2.45) is 0 Å². The number of anilines is 2. The summed E-state index contributed by atoms with van der Waals surface area (Å²) in [5, 5.41) is 11.9. The zero-order chi connectivity index (χ0) is 17.0. The molecule has 0 aliphatic rings. The van der Waals surface area contributed by atoms with E-state index in [1.165, 1.54) is 17.8 Å². The number of rotatable bonds is 4. The maximum absolute atomic E-state index is 12.2. The average molecular weight is 348 g/mol. The van der Waals surface area contributed by atoms with Crippen LogP contribution in [0.3, 0.4) is 0 Å². The first kappa shape index (κ1) is 17.1. The molecule has 1 aromatic heterocycles. The van der Waals surface area contributed by atoms with E-state index in [0.29, 0.717) is 27.2 Å². The fraction of sp³-hybridized carbons (Fsp3) is 0.200. The second-order valence-electron chi connectivity index (χ2n) is 4.77. The van der Waals surface area contributed by atoms with E-state index in [2.05, 4.69) is 15.3 Å². The van der Waals surface area contributed by atoms with Gasteiger partial charge in [-0.25, -0.2) is 9.97 Å². The molecule has 8 heteroatoms. The lowest BCUT2D eigenvalue weighted by molar-refractivity contribution is -0.115. The van der Waals surface area contributed by atoms with Crippen LogP contribution in [0.1, 0.15) is 18.2 Å². The lowest BCUT2D eigenvalue weighted by atomic mass is 10.2. The minimum absolute atomic E-state index is 0.223. The van der Waals surface area contributed by atoms with Gasteiger partial charge in [-0.1, -0.05) is 23.4 Å². The van der Waals surface area contributed by atoms with Crippen LogP contribution in [0.25, 0.3) is 0 Å². The van der Waals surface area contributed by atoms with Gasteiger partial charge in [0.25, 0.3) is 0 Å². The molecule has 1 atom stereocenters. The lowest BCUT2D eigenvalue weighted by Gasteiger charge is -2.12. The predicted molar refractivity (Wildman–Crippen MR) is 91.3 cm³/mol. The third-order valence-electron chi connectivity index (χ3n) is 2.86. The van der Waals surface area contributed by atoms with Gasteiger partial charge in [0.15, 0.2) is 5.16 Å². The number of thioether (sulfide) groups is 1. The molecule has 0 saturated heterocycles. The van der Waals surface area contributed by atoms with Crippen molar-refractivity contribution in [1.29, 1.82) is 5.26 Å². The molecule has 118 valence electrons. The van der Waals surface area contributed by atoms with Crippen LogP contribution in [0.15, 0.2) is 29.4 Å². The molecule has 6 nitrogen and oxygen atoms in total. The fourth-order valence-corrected chi connectivity index (χ4v) is 2.82. The normalized spacial score (nSPS) is 11.6. The Kier molecular flexibility index (Phi) is 5.42. The molecule has 0 unspecified atom stereocenters. The highest BCUT2D eigenvalue weighted by molar-refractivity contribution is 8.00. The quantitative estimate of drug-likeness (QED) is 0.650. The van der Waals surface area contributed by atoms with Gasteiger partial charge >= 0.3 is 0 Å². The van der Waals surface area contributed by atoms with Crippen LogP contribution in [0.4, 0.5) is 11.5 Å². The Morgan fingerprint density at radius 2 is 2.17 bits per heavy atom. The number of nitrogens with one attached hydrogen (secondary N) is 1. The molecule has 1 amide bonds. The summed E-state index contributed by atoms with van der Waals surface area (Å²) in [7, 11) is 0. The Balaban J connectivity index is 2.05. The third-order valence-corrected chi connectivity index (χ3v) is 4.14. The molecular formula is C15H14ClN5OS. The largest absolute Gasteiger partial charge is 0.384 e. The Morgan fingerprint density at radius 3 is 2.78 bits per heavy atom. The van der Waals surface area contributed by atoms with E-state index in [4.69, 9.17) is 22.6 Å². The van der Waals surface area contributed by atoms with Gasteiger partial charge in [-0.2, -0.15) is 5.26 Å². The van der Waals surface area contributed by atoms with Gasteiger partial charge in [0.2, 0.25) is 5.91 Å². The van der Waals surface area contributed by atoms with Crippen LogP contribution in [-0.2, 0) is 4.79 Å². The van der Waals surface area contributed by atoms with Crippen LogP contribution in [0.2, 0.25) is 5.02 Å². The van der Waals surface area contributed by atoms with Crippen molar-refractivity contribution in [3.8, 4) is 6.07 Å². The number of nitrogens with zero attached hydrogens (tertiary/aromatic N) is 3. The number of halogens is 1. The van der Waals surface area contributed by atoms with Crippen molar-refractivity contribution in [1.82, 2.24) is 9.97 Å². The second kappa shape index (κ2) is 7.31. The van der Waals surface area contributed by atoms with Gasteiger partial charge in [0, 0.05) is 17.4 Å². The van der Waals surface area contributed by atoms with Crippen LogP contribution < -0.4 is 11.1 Å². The topological polar surface area (TPSA) is 105 Å². The molecule has 0 aliphatic carbocycles. The fourth-order valence-electron chi connectivity index (χ4n) is 1.76. The summed E-state index contributed by atoms with van der Waals surface area (Å²) in [6.07, 6.45) is 0. The van der Waals surface area contributed by atoms with Gasteiger partial charge in [0.05, 0.1) is 15.8 Å². The zero-order valence-corrected chi connectivity index (χ0v) is 14.1. The van der Waals surface area contributed by atoms with E-state index in [1.54, 1.807) is 25.1 Å². The molecular weight excluding hydrogens is 334 g/mol. The molecule has 2 rings (SSSR count). The number of aromatic nitrogens is 2. The molecule has 3 N–H and O–H groups in total. The highest BCUT2D eigenvalue weighted by Crippen LogP contribution is 2.24. The molecule has 0 spiro atoms. The van der Waals surface area contributed by atoms with Crippen LogP contribution in [-0.4, -0.2) is 21.1 Å². The van der Waals surface area contributed by atoms with E-state index >= 15 is 0 Å². The van der Waals surface area contributed by atoms with Crippen LogP contribution in [0, 0.1) is 18.3 Å². The van der Waals surface area contributed by atoms with Gasteiger partial charge in [0.1, 0.15) is 11.9 Å². The third kappa shape index (κ3) is 4.58. The first-order valence-electron chi connectivity index (χ1n) is 6.67. The van der Waals surface area contributed by atoms with Crippen molar-refractivity contribution < 1.29 is 4.79 Å². The molecule has 0 saturated carbocycles. The molecule has 0 bridgehead atoms. The smallest absolute Gasteiger partial charge is 0.237 e. The highest BCUT2D eigenvalue weighted by Gasteiger charge is 2.17. The Hall–Kier alpha value is -2.30. The summed E-state index contributed by atoms with van der Waals surface area (Å²) < 4.78 is 0. The molecule has 0 fully saturated rings. The summed E-state index contributed by atoms with van der Waals surface area (Å²) in [4.78, 5) is 20.6. The van der Waals surface area contributed by atoms with Crippen LogP contribution >= 0.6 is 23.4 Å². The maximum atomic E-state index is 12.2. The number of hydrogen-bond acceptors (Lipinski definition) is 6. The number of benzene rings is 1. The zero-order valence-electron chi connectivity index (χ0n) is 12.5. The average Bonchev–Trinajstić information content (AvgIpc) is 2.46. The summed E-state index contributed by atoms with van der Waals surface area (Å²) in [5.74, 6) is 0.144. The Labute approximate surface area is 143 Å². The Morgan fingerprint density at radius 1 is 1.43 bits per heavy atom. The van der Waals surface area contributed by atoms with Crippen molar-refractivity contribution in [2.45, 2.75) is 24.3 Å². The van der Waals surface area contributed by atoms with E-state index in [9.17, 15) is 4.79 Å². The monoisotopic (exact) mass is 347 g/mol. The maximum Gasteiger partial charge on any atom is 0.237 e. The van der Waals surface area contributed by atoms with Gasteiger partial charge < -0.3 is 11.1 Å². The van der Waals surface area contributed by atoms with Crippen molar-refractivity contribution >= 4 is 40.8 Å². The van der Waals surface area contributed by atoms with Gasteiger partial charge in [-0.15, -0.1) is 0 Å². The first-order valence-corrected chi connectivity index (χ1v) is 7.93. The number of carbonyl (C=O) groups excluding carboxylic acids is 1. The molecule has 1 aromatic carbocycles. The number of aryl methyl sites for hydroxylation is 1. The number of hydrogen-bond donors (Lipinski definition) is 2.